The van der Waals surface area contributed by atoms with Crippen molar-refractivity contribution in [2.75, 3.05) is 40.4 Å². The highest BCUT2D eigenvalue weighted by atomic mass is 16.5. The number of furan rings is 1. The van der Waals surface area contributed by atoms with Crippen LogP contribution in [-0.4, -0.2) is 63.0 Å². The fourth-order valence-electron chi connectivity index (χ4n) is 2.12. The molecule has 3 amide bonds. The molecule has 9 heteroatoms. The highest BCUT2D eigenvalue weighted by Gasteiger charge is 2.13. The molecule has 0 fully saturated rings. The second kappa shape index (κ2) is 10.6. The van der Waals surface area contributed by atoms with E-state index >= 15 is 0 Å². The molecule has 1 aromatic heterocycles. The largest absolute Gasteiger partial charge is 0.497 e. The molecule has 0 atom stereocenters. The first kappa shape index (κ1) is 20.8. The number of ether oxygens (including phenoxy) is 2. The number of methoxy groups -OCH3 is 1. The van der Waals surface area contributed by atoms with E-state index in [9.17, 15) is 14.4 Å². The molecular formula is C19H23N3O6. The highest BCUT2D eigenvalue weighted by molar-refractivity contribution is 5.94. The van der Waals surface area contributed by atoms with Crippen molar-refractivity contribution in [3.05, 3.63) is 48.4 Å². The molecule has 1 aromatic carbocycles. The van der Waals surface area contributed by atoms with Gasteiger partial charge in [-0.05, 0) is 36.4 Å². The average Bonchev–Trinajstić information content (AvgIpc) is 3.25. The molecule has 0 radical (unpaired) electrons. The molecule has 0 saturated carbocycles. The summed E-state index contributed by atoms with van der Waals surface area (Å²) in [6.07, 6.45) is 1.36. The van der Waals surface area contributed by atoms with Gasteiger partial charge in [0.15, 0.2) is 5.76 Å². The van der Waals surface area contributed by atoms with Gasteiger partial charge in [-0.2, -0.15) is 0 Å². The van der Waals surface area contributed by atoms with Crippen molar-refractivity contribution in [3.63, 3.8) is 0 Å². The molecule has 0 saturated heterocycles. The molecule has 0 spiro atoms. The minimum absolute atomic E-state index is 0.112. The molecule has 2 aromatic rings. The van der Waals surface area contributed by atoms with E-state index in [4.69, 9.17) is 13.9 Å². The second-order valence-corrected chi connectivity index (χ2v) is 5.78. The summed E-state index contributed by atoms with van der Waals surface area (Å²) in [5, 5.41) is 4.85. The van der Waals surface area contributed by atoms with E-state index in [1.54, 1.807) is 44.5 Å². The summed E-state index contributed by atoms with van der Waals surface area (Å²) in [7, 11) is 3.20. The zero-order valence-electron chi connectivity index (χ0n) is 15.8. The standard InChI is InChI=1S/C19H23N3O6/c1-22(9-11-27-15-7-5-14(26-2)6-8-15)18(24)13-20-17(23)12-21-19(25)16-4-3-10-28-16/h3-8,10H,9,11-13H2,1-2H3,(H,20,23)(H,21,25). The first-order valence-corrected chi connectivity index (χ1v) is 8.59. The second-order valence-electron chi connectivity index (χ2n) is 5.78. The lowest BCUT2D eigenvalue weighted by molar-refractivity contribution is -0.131. The lowest BCUT2D eigenvalue weighted by atomic mass is 10.3. The minimum atomic E-state index is -0.501. The van der Waals surface area contributed by atoms with Crippen LogP contribution < -0.4 is 20.1 Å². The SMILES string of the molecule is COc1ccc(OCCN(C)C(=O)CNC(=O)CNC(=O)c2ccco2)cc1. The number of nitrogens with one attached hydrogen (secondary N) is 2. The Hall–Kier alpha value is -3.49. The van der Waals surface area contributed by atoms with Crippen molar-refractivity contribution in [2.45, 2.75) is 0 Å². The van der Waals surface area contributed by atoms with Crippen LogP contribution in [0, 0.1) is 0 Å². The number of carbonyl (C=O) groups excluding carboxylic acids is 3. The van der Waals surface area contributed by atoms with Crippen molar-refractivity contribution in [3.8, 4) is 11.5 Å². The molecule has 9 nitrogen and oxygen atoms in total. The maximum Gasteiger partial charge on any atom is 0.287 e. The maximum absolute atomic E-state index is 12.0. The Morgan fingerprint density at radius 2 is 1.75 bits per heavy atom. The van der Waals surface area contributed by atoms with Crippen LogP contribution in [0.3, 0.4) is 0 Å². The van der Waals surface area contributed by atoms with Crippen LogP contribution in [0.1, 0.15) is 10.6 Å². The van der Waals surface area contributed by atoms with Gasteiger partial charge in [-0.3, -0.25) is 14.4 Å². The Bertz CT molecular complexity index is 773. The molecule has 1 heterocycles. The van der Waals surface area contributed by atoms with E-state index < -0.39 is 11.8 Å². The summed E-state index contributed by atoms with van der Waals surface area (Å²) in [5.41, 5.74) is 0. The minimum Gasteiger partial charge on any atom is -0.497 e. The molecule has 2 N–H and O–H groups in total. The number of amides is 3. The van der Waals surface area contributed by atoms with Crippen LogP contribution in [0.15, 0.2) is 47.1 Å². The topological polar surface area (TPSA) is 110 Å². The summed E-state index contributed by atoms with van der Waals surface area (Å²) in [6, 6.07) is 10.2. The normalized spacial score (nSPS) is 10.1. The number of likely N-dealkylation sites (N-methyl/N-ethyl adjacent to an activating group) is 1. The van der Waals surface area contributed by atoms with Gasteiger partial charge in [-0.15, -0.1) is 0 Å². The van der Waals surface area contributed by atoms with Crippen molar-refractivity contribution in [1.29, 1.82) is 0 Å². The van der Waals surface area contributed by atoms with Gasteiger partial charge < -0.3 is 29.4 Å². The Labute approximate surface area is 162 Å². The lowest BCUT2D eigenvalue weighted by Crippen LogP contribution is -2.43. The van der Waals surface area contributed by atoms with E-state index in [0.29, 0.717) is 18.9 Å². The number of nitrogens with zero attached hydrogens (tertiary/aromatic N) is 1. The van der Waals surface area contributed by atoms with E-state index in [1.807, 2.05) is 0 Å². The van der Waals surface area contributed by atoms with Crippen molar-refractivity contribution >= 4 is 17.7 Å². The summed E-state index contributed by atoms with van der Waals surface area (Å²) in [4.78, 5) is 36.9. The van der Waals surface area contributed by atoms with E-state index in [1.165, 1.54) is 17.2 Å². The molecule has 0 aliphatic carbocycles. The fraction of sp³-hybridized carbons (Fsp3) is 0.316. The fourth-order valence-corrected chi connectivity index (χ4v) is 2.12. The Morgan fingerprint density at radius 3 is 2.39 bits per heavy atom. The number of hydrogen-bond acceptors (Lipinski definition) is 6. The molecule has 28 heavy (non-hydrogen) atoms. The monoisotopic (exact) mass is 389 g/mol. The number of rotatable bonds is 10. The number of hydrogen-bond donors (Lipinski definition) is 2. The first-order chi connectivity index (χ1) is 13.5. The summed E-state index contributed by atoms with van der Waals surface area (Å²) >= 11 is 0. The zero-order chi connectivity index (χ0) is 20.4. The molecular weight excluding hydrogens is 366 g/mol. The van der Waals surface area contributed by atoms with Gasteiger partial charge in [0, 0.05) is 7.05 Å². The van der Waals surface area contributed by atoms with Crippen LogP contribution in [0.25, 0.3) is 0 Å². The third kappa shape index (κ3) is 6.67. The summed E-state index contributed by atoms with van der Waals surface area (Å²) < 4.78 is 15.5. The molecule has 0 bridgehead atoms. The average molecular weight is 389 g/mol. The van der Waals surface area contributed by atoms with Gasteiger partial charge in [0.1, 0.15) is 18.1 Å². The zero-order valence-corrected chi connectivity index (χ0v) is 15.8. The first-order valence-electron chi connectivity index (χ1n) is 8.59. The molecule has 150 valence electrons. The predicted octanol–water partition coefficient (Wildman–Crippen LogP) is 0.672. The Balaban J connectivity index is 1.61. The molecule has 0 aliphatic rings. The van der Waals surface area contributed by atoms with E-state index in [2.05, 4.69) is 10.6 Å². The smallest absolute Gasteiger partial charge is 0.287 e. The van der Waals surface area contributed by atoms with Crippen molar-refractivity contribution in [1.82, 2.24) is 15.5 Å². The van der Waals surface area contributed by atoms with Gasteiger partial charge in [-0.25, -0.2) is 0 Å². The Morgan fingerprint density at radius 1 is 1.04 bits per heavy atom. The van der Waals surface area contributed by atoms with Gasteiger partial charge in [-0.1, -0.05) is 0 Å². The van der Waals surface area contributed by atoms with Crippen molar-refractivity contribution in [2.24, 2.45) is 0 Å². The summed E-state index contributed by atoms with van der Waals surface area (Å²) in [5.74, 6) is 0.262. The third-order valence-electron chi connectivity index (χ3n) is 3.77. The molecule has 0 aliphatic heterocycles. The highest BCUT2D eigenvalue weighted by Crippen LogP contribution is 2.16. The van der Waals surface area contributed by atoms with Crippen molar-refractivity contribution < 1.29 is 28.3 Å². The quantitative estimate of drug-likeness (QED) is 0.618. The summed E-state index contributed by atoms with van der Waals surface area (Å²) in [6.45, 7) is 0.239. The van der Waals surface area contributed by atoms with Crippen LogP contribution >= 0.6 is 0 Å². The lowest BCUT2D eigenvalue weighted by Gasteiger charge is -2.18. The Kier molecular flexibility index (Phi) is 7.89. The van der Waals surface area contributed by atoms with Crippen LogP contribution in [-0.2, 0) is 9.59 Å². The van der Waals surface area contributed by atoms with Crippen LogP contribution in [0.4, 0.5) is 0 Å². The number of benzene rings is 1. The maximum atomic E-state index is 12.0. The molecule has 2 rings (SSSR count). The molecule has 0 unspecified atom stereocenters. The van der Waals surface area contributed by atoms with E-state index in [-0.39, 0.29) is 24.8 Å². The van der Waals surface area contributed by atoms with Crippen LogP contribution in [0.2, 0.25) is 0 Å². The third-order valence-corrected chi connectivity index (χ3v) is 3.77. The predicted molar refractivity (Wildman–Crippen MR) is 100 cm³/mol. The van der Waals surface area contributed by atoms with E-state index in [0.717, 1.165) is 5.75 Å². The van der Waals surface area contributed by atoms with Gasteiger partial charge >= 0.3 is 0 Å². The van der Waals surface area contributed by atoms with Gasteiger partial charge in [0.25, 0.3) is 5.91 Å². The van der Waals surface area contributed by atoms with Crippen LogP contribution in [0.5, 0.6) is 11.5 Å². The number of carbonyl (C=O) groups is 3. The van der Waals surface area contributed by atoms with Gasteiger partial charge in [0.05, 0.1) is 33.0 Å². The van der Waals surface area contributed by atoms with Gasteiger partial charge in [0.2, 0.25) is 11.8 Å².